The first-order valence-electron chi connectivity index (χ1n) is 10.6. The number of aromatic nitrogens is 2. The maximum Gasteiger partial charge on any atom is 0.573 e. The molecule has 2 aromatic carbocycles. The van der Waals surface area contributed by atoms with Gasteiger partial charge in [-0.3, -0.25) is 19.8 Å². The lowest BCUT2D eigenvalue weighted by Crippen LogP contribution is -2.41. The number of rotatable bonds is 7. The Morgan fingerprint density at radius 1 is 1.11 bits per heavy atom. The molecule has 0 unspecified atom stereocenters. The first-order chi connectivity index (χ1) is 17.2. The van der Waals surface area contributed by atoms with Crippen LogP contribution in [0.1, 0.15) is 10.4 Å². The number of carbonyl (C=O) groups is 2. The van der Waals surface area contributed by atoms with Gasteiger partial charge < -0.3 is 14.8 Å². The van der Waals surface area contributed by atoms with E-state index in [1.807, 2.05) is 0 Å². The quantitative estimate of drug-likeness (QED) is 0.460. The lowest BCUT2D eigenvalue weighted by atomic mass is 10.1. The average Bonchev–Trinajstić information content (AvgIpc) is 3.28. The van der Waals surface area contributed by atoms with E-state index in [-0.39, 0.29) is 22.9 Å². The van der Waals surface area contributed by atoms with E-state index in [1.165, 1.54) is 0 Å². The third kappa shape index (κ3) is 7.13. The molecule has 0 radical (unpaired) electrons. The number of amides is 2. The Kier molecular flexibility index (Phi) is 8.04. The Hall–Kier alpha value is -3.26. The molecular weight excluding hydrogens is 523 g/mol. The summed E-state index contributed by atoms with van der Waals surface area (Å²) in [5.41, 5.74) is 0.389. The molecule has 0 bridgehead atoms. The highest BCUT2D eigenvalue weighted by atomic mass is 35.5. The summed E-state index contributed by atoms with van der Waals surface area (Å²) >= 11 is 7.08. The smallest absolute Gasteiger partial charge is 0.404 e. The molecule has 2 amide bonds. The zero-order valence-corrected chi connectivity index (χ0v) is 20.0. The number of alkyl halides is 3. The van der Waals surface area contributed by atoms with Gasteiger partial charge >= 0.3 is 6.36 Å². The van der Waals surface area contributed by atoms with Crippen LogP contribution in [0.2, 0.25) is 5.02 Å². The minimum atomic E-state index is -4.99. The zero-order chi connectivity index (χ0) is 25.7. The van der Waals surface area contributed by atoms with E-state index in [9.17, 15) is 22.8 Å². The van der Waals surface area contributed by atoms with Crippen LogP contribution in [0.25, 0.3) is 10.6 Å². The highest BCUT2D eigenvalue weighted by molar-refractivity contribution is 7.18. The number of nitrogens with zero attached hydrogens (tertiary/aromatic N) is 3. The van der Waals surface area contributed by atoms with Crippen molar-refractivity contribution in [3.8, 4) is 16.3 Å². The number of morpholine rings is 1. The van der Waals surface area contributed by atoms with E-state index in [0.717, 1.165) is 29.5 Å². The van der Waals surface area contributed by atoms with Crippen LogP contribution in [0.5, 0.6) is 5.75 Å². The fourth-order valence-corrected chi connectivity index (χ4v) is 4.24. The topological polar surface area (TPSA) is 106 Å². The van der Waals surface area contributed by atoms with Gasteiger partial charge in [0.1, 0.15) is 5.01 Å². The van der Waals surface area contributed by atoms with E-state index in [0.29, 0.717) is 41.9 Å². The molecule has 9 nitrogen and oxygen atoms in total. The SMILES string of the molecule is O=C(CN1CCOCC1)Nc1cc(C(=O)Nc2nnc(-c3cccc(Cl)c3)s2)ccc1OC(F)(F)F. The van der Waals surface area contributed by atoms with Gasteiger partial charge in [0.2, 0.25) is 11.0 Å². The molecule has 1 aliphatic heterocycles. The van der Waals surface area contributed by atoms with Gasteiger partial charge in [0.15, 0.2) is 5.75 Å². The van der Waals surface area contributed by atoms with Crippen LogP contribution in [-0.2, 0) is 9.53 Å². The Morgan fingerprint density at radius 3 is 2.61 bits per heavy atom. The second-order valence-electron chi connectivity index (χ2n) is 7.57. The number of hydrogen-bond acceptors (Lipinski definition) is 8. The van der Waals surface area contributed by atoms with Crippen LogP contribution in [0.15, 0.2) is 42.5 Å². The van der Waals surface area contributed by atoms with E-state index >= 15 is 0 Å². The zero-order valence-electron chi connectivity index (χ0n) is 18.5. The minimum Gasteiger partial charge on any atom is -0.404 e. The average molecular weight is 542 g/mol. The molecule has 0 aliphatic carbocycles. The maximum absolute atomic E-state index is 12.9. The van der Waals surface area contributed by atoms with Crippen molar-refractivity contribution in [3.63, 3.8) is 0 Å². The predicted molar refractivity (Wildman–Crippen MR) is 127 cm³/mol. The first kappa shape index (κ1) is 25.8. The van der Waals surface area contributed by atoms with Gasteiger partial charge in [-0.05, 0) is 30.3 Å². The maximum atomic E-state index is 12.9. The molecule has 1 aliphatic rings. The van der Waals surface area contributed by atoms with Gasteiger partial charge in [0.05, 0.1) is 25.4 Å². The standard InChI is InChI=1S/C22H19ClF3N5O4S/c23-15-3-1-2-14(10-15)20-29-30-21(36-20)28-19(33)13-4-5-17(35-22(24,25)26)16(11-13)27-18(32)12-31-6-8-34-9-7-31/h1-5,10-11H,6-9,12H2,(H,27,32)(H,28,30,33). The highest BCUT2D eigenvalue weighted by Gasteiger charge is 2.32. The normalized spacial score (nSPS) is 14.3. The van der Waals surface area contributed by atoms with Crippen LogP contribution in [0.4, 0.5) is 24.0 Å². The van der Waals surface area contributed by atoms with Crippen LogP contribution < -0.4 is 15.4 Å². The van der Waals surface area contributed by atoms with Crippen molar-refractivity contribution in [1.82, 2.24) is 15.1 Å². The molecule has 1 aromatic heterocycles. The molecule has 2 N–H and O–H groups in total. The molecule has 0 atom stereocenters. The number of hydrogen-bond donors (Lipinski definition) is 2. The highest BCUT2D eigenvalue weighted by Crippen LogP contribution is 2.32. The molecule has 1 saturated heterocycles. The number of halogens is 4. The molecular formula is C22H19ClF3N5O4S. The summed E-state index contributed by atoms with van der Waals surface area (Å²) in [6, 6.07) is 10.1. The molecule has 14 heteroatoms. The van der Waals surface area contributed by atoms with Crippen molar-refractivity contribution in [3.05, 3.63) is 53.1 Å². The van der Waals surface area contributed by atoms with Gasteiger partial charge in [-0.2, -0.15) is 0 Å². The summed E-state index contributed by atoms with van der Waals surface area (Å²) in [6.07, 6.45) is -4.99. The lowest BCUT2D eigenvalue weighted by Gasteiger charge is -2.26. The van der Waals surface area contributed by atoms with Crippen LogP contribution in [0, 0.1) is 0 Å². The van der Waals surface area contributed by atoms with E-state index in [2.05, 4.69) is 25.6 Å². The Bertz CT molecular complexity index is 1250. The predicted octanol–water partition coefficient (Wildman–Crippen LogP) is 4.28. The monoisotopic (exact) mass is 541 g/mol. The molecule has 3 aromatic rings. The summed E-state index contributed by atoms with van der Waals surface area (Å²) in [5.74, 6) is -1.86. The summed E-state index contributed by atoms with van der Waals surface area (Å²) in [4.78, 5) is 27.0. The largest absolute Gasteiger partial charge is 0.573 e. The molecule has 2 heterocycles. The Balaban J connectivity index is 1.50. The summed E-state index contributed by atoms with van der Waals surface area (Å²) in [5, 5.41) is 14.1. The fourth-order valence-electron chi connectivity index (χ4n) is 3.32. The molecule has 190 valence electrons. The second-order valence-corrected chi connectivity index (χ2v) is 8.99. The second kappa shape index (κ2) is 11.2. The van der Waals surface area contributed by atoms with E-state index < -0.39 is 23.9 Å². The van der Waals surface area contributed by atoms with Gasteiger partial charge in [-0.1, -0.05) is 35.1 Å². The van der Waals surface area contributed by atoms with Crippen molar-refractivity contribution < 1.29 is 32.2 Å². The minimum absolute atomic E-state index is 0.0225. The van der Waals surface area contributed by atoms with Crippen molar-refractivity contribution >= 4 is 45.6 Å². The third-order valence-corrected chi connectivity index (χ3v) is 6.05. The Labute approximate surface area is 212 Å². The molecule has 1 fully saturated rings. The number of ether oxygens (including phenoxy) is 2. The van der Waals surface area contributed by atoms with E-state index in [1.54, 1.807) is 29.2 Å². The first-order valence-corrected chi connectivity index (χ1v) is 11.8. The molecule has 0 saturated carbocycles. The fraction of sp³-hybridized carbons (Fsp3) is 0.273. The van der Waals surface area contributed by atoms with Gasteiger partial charge in [0.25, 0.3) is 5.91 Å². The summed E-state index contributed by atoms with van der Waals surface area (Å²) < 4.78 is 47.9. The van der Waals surface area contributed by atoms with Crippen LogP contribution in [0.3, 0.4) is 0 Å². The van der Waals surface area contributed by atoms with E-state index in [4.69, 9.17) is 16.3 Å². The van der Waals surface area contributed by atoms with Crippen LogP contribution in [-0.4, -0.2) is 66.1 Å². The van der Waals surface area contributed by atoms with Crippen molar-refractivity contribution in [1.29, 1.82) is 0 Å². The van der Waals surface area contributed by atoms with Crippen molar-refractivity contribution in [2.45, 2.75) is 6.36 Å². The summed E-state index contributed by atoms with van der Waals surface area (Å²) in [7, 11) is 0. The Morgan fingerprint density at radius 2 is 1.89 bits per heavy atom. The third-order valence-electron chi connectivity index (χ3n) is 4.93. The van der Waals surface area contributed by atoms with Gasteiger partial charge in [-0.25, -0.2) is 0 Å². The summed E-state index contributed by atoms with van der Waals surface area (Å²) in [6.45, 7) is 1.88. The van der Waals surface area contributed by atoms with Gasteiger partial charge in [-0.15, -0.1) is 23.4 Å². The van der Waals surface area contributed by atoms with Crippen molar-refractivity contribution in [2.75, 3.05) is 43.5 Å². The molecule has 0 spiro atoms. The number of anilines is 2. The van der Waals surface area contributed by atoms with Crippen molar-refractivity contribution in [2.24, 2.45) is 0 Å². The molecule has 36 heavy (non-hydrogen) atoms. The number of benzene rings is 2. The lowest BCUT2D eigenvalue weighted by molar-refractivity contribution is -0.274. The molecule has 4 rings (SSSR count). The van der Waals surface area contributed by atoms with Gasteiger partial charge in [0, 0.05) is 29.2 Å². The van der Waals surface area contributed by atoms with Crippen LogP contribution >= 0.6 is 22.9 Å². The number of carbonyl (C=O) groups excluding carboxylic acids is 2. The number of nitrogens with one attached hydrogen (secondary N) is 2.